The summed E-state index contributed by atoms with van der Waals surface area (Å²) in [4.78, 5) is 12.3. The van der Waals surface area contributed by atoms with Crippen LogP contribution in [0.2, 0.25) is 0 Å². The number of benzene rings is 1. The average molecular weight is 308 g/mol. The quantitative estimate of drug-likeness (QED) is 0.845. The zero-order valence-electron chi connectivity index (χ0n) is 13.2. The van der Waals surface area contributed by atoms with E-state index in [0.717, 1.165) is 18.4 Å². The van der Waals surface area contributed by atoms with Crippen LogP contribution in [0.25, 0.3) is 0 Å². The van der Waals surface area contributed by atoms with Crippen LogP contribution in [0, 0.1) is 11.7 Å². The third-order valence-corrected chi connectivity index (χ3v) is 4.16. The highest BCUT2D eigenvalue weighted by Crippen LogP contribution is 2.20. The minimum Gasteiger partial charge on any atom is -0.364 e. The fourth-order valence-electron chi connectivity index (χ4n) is 2.68. The molecule has 0 spiro atoms. The van der Waals surface area contributed by atoms with Crippen LogP contribution in [-0.4, -0.2) is 30.7 Å². The van der Waals surface area contributed by atoms with Crippen LogP contribution < -0.4 is 11.1 Å². The minimum absolute atomic E-state index is 0.00140. The topological polar surface area (TPSA) is 64.4 Å². The minimum atomic E-state index is -0.400. The van der Waals surface area contributed by atoms with Gasteiger partial charge in [0.05, 0.1) is 6.10 Å². The predicted octanol–water partition coefficient (Wildman–Crippen LogP) is 2.02. The fourth-order valence-corrected chi connectivity index (χ4v) is 2.68. The number of hydrogen-bond acceptors (Lipinski definition) is 3. The lowest BCUT2D eigenvalue weighted by molar-refractivity contribution is -0.132. The molecule has 1 fully saturated rings. The van der Waals surface area contributed by atoms with E-state index in [1.165, 1.54) is 12.1 Å². The van der Waals surface area contributed by atoms with E-state index in [4.69, 9.17) is 10.5 Å². The maximum Gasteiger partial charge on any atom is 0.249 e. The molecule has 1 aromatic rings. The normalized spacial score (nSPS) is 22.8. The van der Waals surface area contributed by atoms with Crippen LogP contribution in [0.3, 0.4) is 0 Å². The molecule has 4 nitrogen and oxygen atoms in total. The van der Waals surface area contributed by atoms with Gasteiger partial charge in [-0.3, -0.25) is 4.79 Å². The van der Waals surface area contributed by atoms with Crippen molar-refractivity contribution >= 4 is 5.91 Å². The second-order valence-corrected chi connectivity index (χ2v) is 6.25. The first-order valence-electron chi connectivity index (χ1n) is 7.90. The molecule has 3 N–H and O–H groups in total. The van der Waals surface area contributed by atoms with Crippen molar-refractivity contribution in [3.63, 3.8) is 0 Å². The summed E-state index contributed by atoms with van der Waals surface area (Å²) < 4.78 is 18.6. The summed E-state index contributed by atoms with van der Waals surface area (Å²) in [5, 5.41) is 3.07. The molecular weight excluding hydrogens is 283 g/mol. The monoisotopic (exact) mass is 308 g/mol. The van der Waals surface area contributed by atoms with Gasteiger partial charge < -0.3 is 15.8 Å². The predicted molar refractivity (Wildman–Crippen MR) is 83.8 cm³/mol. The van der Waals surface area contributed by atoms with Gasteiger partial charge in [0.2, 0.25) is 5.91 Å². The lowest BCUT2D eigenvalue weighted by Crippen LogP contribution is -2.45. The van der Waals surface area contributed by atoms with Gasteiger partial charge in [0.15, 0.2) is 0 Å². The van der Waals surface area contributed by atoms with Crippen molar-refractivity contribution in [3.05, 3.63) is 35.6 Å². The van der Waals surface area contributed by atoms with Crippen LogP contribution >= 0.6 is 0 Å². The molecule has 22 heavy (non-hydrogen) atoms. The Morgan fingerprint density at radius 3 is 2.59 bits per heavy atom. The van der Waals surface area contributed by atoms with Crippen LogP contribution in [0.4, 0.5) is 4.39 Å². The Kier molecular flexibility index (Phi) is 5.91. The van der Waals surface area contributed by atoms with Crippen molar-refractivity contribution in [1.82, 2.24) is 5.32 Å². The number of halogens is 1. The van der Waals surface area contributed by atoms with Gasteiger partial charge in [-0.2, -0.15) is 0 Å². The van der Waals surface area contributed by atoms with E-state index in [1.807, 2.05) is 0 Å². The van der Waals surface area contributed by atoms with Crippen molar-refractivity contribution < 1.29 is 13.9 Å². The van der Waals surface area contributed by atoms with E-state index in [0.29, 0.717) is 13.0 Å². The molecule has 5 heteroatoms. The Morgan fingerprint density at radius 1 is 1.36 bits per heavy atom. The van der Waals surface area contributed by atoms with E-state index in [2.05, 4.69) is 19.2 Å². The second kappa shape index (κ2) is 7.70. The third kappa shape index (κ3) is 4.52. The highest BCUT2D eigenvalue weighted by molar-refractivity contribution is 5.81. The first kappa shape index (κ1) is 16.9. The Morgan fingerprint density at radius 2 is 2.05 bits per heavy atom. The first-order chi connectivity index (χ1) is 10.5. The molecule has 0 saturated carbocycles. The average Bonchev–Trinajstić information content (AvgIpc) is 2.97. The van der Waals surface area contributed by atoms with E-state index in [-0.39, 0.29) is 29.8 Å². The van der Waals surface area contributed by atoms with Gasteiger partial charge in [-0.15, -0.1) is 0 Å². The summed E-state index contributed by atoms with van der Waals surface area (Å²) in [7, 11) is 0. The number of carbonyl (C=O) groups is 1. The number of hydrogen-bond donors (Lipinski definition) is 2. The van der Waals surface area contributed by atoms with Crippen LogP contribution in [0.1, 0.15) is 32.3 Å². The van der Waals surface area contributed by atoms with Crippen molar-refractivity contribution in [2.75, 3.05) is 6.54 Å². The van der Waals surface area contributed by atoms with Gasteiger partial charge in [0, 0.05) is 12.6 Å². The molecule has 0 bridgehead atoms. The lowest BCUT2D eigenvalue weighted by Gasteiger charge is -2.24. The molecule has 1 heterocycles. The molecule has 1 amide bonds. The maximum atomic E-state index is 13.0. The Bertz CT molecular complexity index is 490. The molecule has 1 aliphatic rings. The molecule has 1 aliphatic heterocycles. The number of nitrogens with one attached hydrogen (secondary N) is 1. The van der Waals surface area contributed by atoms with Gasteiger partial charge in [-0.05, 0) is 42.9 Å². The lowest BCUT2D eigenvalue weighted by atomic mass is 9.96. The number of amides is 1. The number of carbonyl (C=O) groups excluding carboxylic acids is 1. The number of nitrogens with two attached hydrogens (primary N) is 1. The summed E-state index contributed by atoms with van der Waals surface area (Å²) in [6.07, 6.45) is 1.82. The first-order valence-corrected chi connectivity index (χ1v) is 7.90. The van der Waals surface area contributed by atoms with Crippen LogP contribution in [0.5, 0.6) is 0 Å². The molecule has 0 aliphatic carbocycles. The zero-order chi connectivity index (χ0) is 16.1. The van der Waals surface area contributed by atoms with Gasteiger partial charge in [-0.25, -0.2) is 4.39 Å². The SMILES string of the molecule is CC(C)C(Cc1ccc(F)cc1)NC(=O)[C@@H]1CC[C@H](CN)O1. The molecular formula is C17H25FN2O2. The van der Waals surface area contributed by atoms with Gasteiger partial charge >= 0.3 is 0 Å². The largest absolute Gasteiger partial charge is 0.364 e. The molecule has 3 atom stereocenters. The smallest absolute Gasteiger partial charge is 0.249 e. The number of ether oxygens (including phenoxy) is 1. The number of rotatable bonds is 6. The Balaban J connectivity index is 1.94. The third-order valence-electron chi connectivity index (χ3n) is 4.16. The maximum absolute atomic E-state index is 13.0. The van der Waals surface area contributed by atoms with Crippen molar-refractivity contribution in [3.8, 4) is 0 Å². The Labute approximate surface area is 131 Å². The fraction of sp³-hybridized carbons (Fsp3) is 0.588. The molecule has 1 aromatic carbocycles. The molecule has 1 saturated heterocycles. The standard InChI is InChI=1S/C17H25FN2O2/c1-11(2)15(9-12-3-5-13(18)6-4-12)20-17(21)16-8-7-14(10-19)22-16/h3-6,11,14-16H,7-10,19H2,1-2H3,(H,20,21)/t14-,15?,16+/m1/s1. The van der Waals surface area contributed by atoms with Gasteiger partial charge in [0.25, 0.3) is 0 Å². The molecule has 1 unspecified atom stereocenters. The second-order valence-electron chi connectivity index (χ2n) is 6.25. The molecule has 122 valence electrons. The van der Waals surface area contributed by atoms with E-state index in [9.17, 15) is 9.18 Å². The highest BCUT2D eigenvalue weighted by Gasteiger charge is 2.31. The van der Waals surface area contributed by atoms with E-state index < -0.39 is 6.10 Å². The summed E-state index contributed by atoms with van der Waals surface area (Å²) in [5.41, 5.74) is 6.58. The van der Waals surface area contributed by atoms with Crippen LogP contribution in [-0.2, 0) is 16.0 Å². The van der Waals surface area contributed by atoms with Gasteiger partial charge in [-0.1, -0.05) is 26.0 Å². The summed E-state index contributed by atoms with van der Waals surface area (Å²) in [5.74, 6) is -0.0430. The van der Waals surface area contributed by atoms with Crippen LogP contribution in [0.15, 0.2) is 24.3 Å². The summed E-state index contributed by atoms with van der Waals surface area (Å²) in [6, 6.07) is 6.40. The highest BCUT2D eigenvalue weighted by atomic mass is 19.1. The van der Waals surface area contributed by atoms with Crippen molar-refractivity contribution in [1.29, 1.82) is 0 Å². The van der Waals surface area contributed by atoms with Crippen molar-refractivity contribution in [2.24, 2.45) is 11.7 Å². The van der Waals surface area contributed by atoms with Gasteiger partial charge in [0.1, 0.15) is 11.9 Å². The molecule has 0 aromatic heterocycles. The van der Waals surface area contributed by atoms with Crippen molar-refractivity contribution in [2.45, 2.75) is 51.4 Å². The summed E-state index contributed by atoms with van der Waals surface area (Å²) in [6.45, 7) is 4.58. The molecule has 0 radical (unpaired) electrons. The van der Waals surface area contributed by atoms with E-state index in [1.54, 1.807) is 12.1 Å². The molecule has 2 rings (SSSR count). The Hall–Kier alpha value is -1.46. The van der Waals surface area contributed by atoms with E-state index >= 15 is 0 Å². The zero-order valence-corrected chi connectivity index (χ0v) is 13.2. The summed E-state index contributed by atoms with van der Waals surface area (Å²) >= 11 is 0.